The van der Waals surface area contributed by atoms with Gasteiger partial charge in [0, 0.05) is 30.1 Å². The largest absolute Gasteiger partial charge is 0.348 e. The first-order chi connectivity index (χ1) is 15.1. The van der Waals surface area contributed by atoms with Crippen molar-refractivity contribution in [3.8, 4) is 11.3 Å². The van der Waals surface area contributed by atoms with Gasteiger partial charge < -0.3 is 5.32 Å². The Labute approximate surface area is 174 Å². The number of aromatic nitrogens is 5. The van der Waals surface area contributed by atoms with Gasteiger partial charge in [-0.3, -0.25) is 14.6 Å². The minimum atomic E-state index is -0.460. The number of hydrogen-bond donors (Lipinski definition) is 2. The number of carbonyl (C=O) groups excluding carboxylic acids is 1. The predicted octanol–water partition coefficient (Wildman–Crippen LogP) is 2.70. The summed E-state index contributed by atoms with van der Waals surface area (Å²) in [6.07, 6.45) is 3.31. The topological polar surface area (TPSA) is 105 Å². The number of halogens is 1. The molecule has 0 unspecified atom stereocenters. The van der Waals surface area contributed by atoms with Crippen molar-refractivity contribution < 1.29 is 9.18 Å². The Kier molecular flexibility index (Phi) is 4.47. The third-order valence-electron chi connectivity index (χ3n) is 4.92. The Balaban J connectivity index is 1.56. The highest BCUT2D eigenvalue weighted by atomic mass is 19.1. The zero-order valence-corrected chi connectivity index (χ0v) is 16.0. The third kappa shape index (κ3) is 3.42. The molecule has 2 N–H and O–H groups in total. The number of H-pyrrole nitrogens is 1. The maximum atomic E-state index is 13.7. The molecule has 3 heterocycles. The summed E-state index contributed by atoms with van der Waals surface area (Å²) in [6.45, 7) is 0.346. The van der Waals surface area contributed by atoms with Gasteiger partial charge in [0.2, 0.25) is 0 Å². The van der Waals surface area contributed by atoms with Gasteiger partial charge in [0.25, 0.3) is 11.5 Å². The number of aromatic amines is 1. The molecule has 0 aliphatic heterocycles. The molecule has 0 bridgehead atoms. The van der Waals surface area contributed by atoms with E-state index in [2.05, 4.69) is 25.6 Å². The average Bonchev–Trinajstić information content (AvgIpc) is 3.22. The number of pyridine rings is 1. The number of hydrogen-bond acceptors (Lipinski definition) is 5. The summed E-state index contributed by atoms with van der Waals surface area (Å²) in [7, 11) is 0. The number of nitrogens with one attached hydrogen (secondary N) is 2. The van der Waals surface area contributed by atoms with E-state index in [1.165, 1.54) is 16.6 Å². The van der Waals surface area contributed by atoms with Gasteiger partial charge in [-0.05, 0) is 48.0 Å². The Bertz CT molecular complexity index is 1490. The summed E-state index contributed by atoms with van der Waals surface area (Å²) in [4.78, 5) is 33.3. The summed E-state index contributed by atoms with van der Waals surface area (Å²) in [5, 5.41) is 10.2. The van der Waals surface area contributed by atoms with Gasteiger partial charge >= 0.3 is 0 Å². The van der Waals surface area contributed by atoms with Gasteiger partial charge in [-0.15, -0.1) is 0 Å². The van der Waals surface area contributed by atoms with Crippen molar-refractivity contribution >= 4 is 22.5 Å². The number of carbonyl (C=O) groups is 1. The van der Waals surface area contributed by atoms with Crippen LogP contribution in [-0.2, 0) is 6.54 Å². The molecular formula is C22H15FN6O2. The zero-order valence-electron chi connectivity index (χ0n) is 16.0. The van der Waals surface area contributed by atoms with Crippen LogP contribution in [0.25, 0.3) is 27.8 Å². The van der Waals surface area contributed by atoms with E-state index in [9.17, 15) is 14.0 Å². The van der Waals surface area contributed by atoms with Crippen LogP contribution < -0.4 is 10.9 Å². The SMILES string of the molecule is O=C(NCc1ccncc1)c1ccc2c(=O)nc3c(-c4cccc(F)c4)n[nH]n3c2c1. The van der Waals surface area contributed by atoms with E-state index in [0.717, 1.165) is 5.56 Å². The number of amides is 1. The molecule has 8 nitrogen and oxygen atoms in total. The van der Waals surface area contributed by atoms with Crippen molar-refractivity contribution in [2.75, 3.05) is 0 Å². The van der Waals surface area contributed by atoms with E-state index in [0.29, 0.717) is 34.3 Å². The van der Waals surface area contributed by atoms with Crippen molar-refractivity contribution in [3.05, 3.63) is 94.3 Å². The predicted molar refractivity (Wildman–Crippen MR) is 112 cm³/mol. The number of benzene rings is 2. The van der Waals surface area contributed by atoms with Gasteiger partial charge in [-0.2, -0.15) is 10.1 Å². The highest BCUT2D eigenvalue weighted by Gasteiger charge is 2.16. The van der Waals surface area contributed by atoms with Crippen molar-refractivity contribution in [3.63, 3.8) is 0 Å². The Morgan fingerprint density at radius 1 is 1.10 bits per heavy atom. The van der Waals surface area contributed by atoms with Crippen molar-refractivity contribution in [1.82, 2.24) is 30.1 Å². The monoisotopic (exact) mass is 414 g/mol. The molecule has 0 spiro atoms. The van der Waals surface area contributed by atoms with E-state index in [1.54, 1.807) is 42.7 Å². The van der Waals surface area contributed by atoms with Crippen LogP contribution in [0.2, 0.25) is 0 Å². The first kappa shape index (κ1) is 18.6. The Hall–Kier alpha value is -4.40. The van der Waals surface area contributed by atoms with Gasteiger partial charge in [-0.25, -0.2) is 14.1 Å². The lowest BCUT2D eigenvalue weighted by Gasteiger charge is -2.07. The van der Waals surface area contributed by atoms with Crippen molar-refractivity contribution in [2.45, 2.75) is 6.54 Å². The van der Waals surface area contributed by atoms with E-state index in [-0.39, 0.29) is 11.6 Å². The molecule has 31 heavy (non-hydrogen) atoms. The summed E-state index contributed by atoms with van der Waals surface area (Å²) in [5.74, 6) is -0.712. The fraction of sp³-hybridized carbons (Fsp3) is 0.0455. The molecule has 152 valence electrons. The highest BCUT2D eigenvalue weighted by molar-refractivity contribution is 5.98. The lowest BCUT2D eigenvalue weighted by molar-refractivity contribution is 0.0951. The summed E-state index contributed by atoms with van der Waals surface area (Å²) in [6, 6.07) is 14.2. The molecule has 5 rings (SSSR count). The van der Waals surface area contributed by atoms with Crippen LogP contribution in [0.1, 0.15) is 15.9 Å². The first-order valence-corrected chi connectivity index (χ1v) is 9.44. The normalized spacial score (nSPS) is 11.1. The lowest BCUT2D eigenvalue weighted by atomic mass is 10.1. The second-order valence-corrected chi connectivity index (χ2v) is 6.92. The number of nitrogens with zero attached hydrogens (tertiary/aromatic N) is 4. The number of fused-ring (bicyclic) bond motifs is 3. The van der Waals surface area contributed by atoms with Crippen LogP contribution in [0, 0.1) is 5.82 Å². The van der Waals surface area contributed by atoms with Crippen molar-refractivity contribution in [2.24, 2.45) is 0 Å². The molecule has 0 fully saturated rings. The van der Waals surface area contributed by atoms with Gasteiger partial charge in [-0.1, -0.05) is 12.1 Å². The van der Waals surface area contributed by atoms with Crippen LogP contribution in [0.3, 0.4) is 0 Å². The van der Waals surface area contributed by atoms with Gasteiger partial charge in [0.1, 0.15) is 11.5 Å². The highest BCUT2D eigenvalue weighted by Crippen LogP contribution is 2.23. The zero-order chi connectivity index (χ0) is 21.4. The Morgan fingerprint density at radius 3 is 2.74 bits per heavy atom. The molecule has 0 atom stereocenters. The van der Waals surface area contributed by atoms with Crippen molar-refractivity contribution in [1.29, 1.82) is 0 Å². The second-order valence-electron chi connectivity index (χ2n) is 6.92. The fourth-order valence-electron chi connectivity index (χ4n) is 3.38. The molecule has 0 saturated heterocycles. The van der Waals surface area contributed by atoms with Crippen LogP contribution in [0.5, 0.6) is 0 Å². The molecule has 3 aromatic heterocycles. The van der Waals surface area contributed by atoms with Crippen LogP contribution in [-0.4, -0.2) is 30.7 Å². The van der Waals surface area contributed by atoms with E-state index in [1.807, 2.05) is 12.1 Å². The lowest BCUT2D eigenvalue weighted by Crippen LogP contribution is -2.23. The van der Waals surface area contributed by atoms with E-state index >= 15 is 0 Å². The summed E-state index contributed by atoms with van der Waals surface area (Å²) < 4.78 is 15.2. The maximum Gasteiger partial charge on any atom is 0.281 e. The molecule has 0 radical (unpaired) electrons. The van der Waals surface area contributed by atoms with Gasteiger partial charge in [0.05, 0.1) is 10.9 Å². The third-order valence-corrected chi connectivity index (χ3v) is 4.92. The first-order valence-electron chi connectivity index (χ1n) is 9.44. The van der Waals surface area contributed by atoms with E-state index in [4.69, 9.17) is 0 Å². The number of rotatable bonds is 4. The standard InChI is InChI=1S/C22H15FN6O2/c23-16-3-1-2-14(10-16)19-20-26-22(31)17-5-4-15(11-18(17)29(20)28-27-19)21(30)25-12-13-6-8-24-9-7-13/h1-11,28H,12H2,(H,25,30). The molecule has 1 amide bonds. The maximum absolute atomic E-state index is 13.7. The van der Waals surface area contributed by atoms with Crippen LogP contribution in [0.4, 0.5) is 4.39 Å². The van der Waals surface area contributed by atoms with Crippen LogP contribution >= 0.6 is 0 Å². The molecule has 0 aliphatic carbocycles. The molecule has 2 aromatic carbocycles. The van der Waals surface area contributed by atoms with E-state index < -0.39 is 11.4 Å². The van der Waals surface area contributed by atoms with Gasteiger partial charge in [0.15, 0.2) is 5.65 Å². The quantitative estimate of drug-likeness (QED) is 0.471. The molecule has 0 aliphatic rings. The summed E-state index contributed by atoms with van der Waals surface area (Å²) >= 11 is 0. The second kappa shape index (κ2) is 7.45. The molecular weight excluding hydrogens is 399 g/mol. The molecule has 0 saturated carbocycles. The Morgan fingerprint density at radius 2 is 1.94 bits per heavy atom. The summed E-state index contributed by atoms with van der Waals surface area (Å²) in [5.41, 5.74) is 2.35. The minimum Gasteiger partial charge on any atom is -0.348 e. The smallest absolute Gasteiger partial charge is 0.281 e. The van der Waals surface area contributed by atoms with Crippen LogP contribution in [0.15, 0.2) is 71.8 Å². The fourth-order valence-corrected chi connectivity index (χ4v) is 3.38. The molecule has 9 heteroatoms. The average molecular weight is 414 g/mol. The minimum absolute atomic E-state index is 0.248. The molecule has 5 aromatic rings.